The highest BCUT2D eigenvalue weighted by atomic mass is 32.2. The molecule has 0 radical (unpaired) electrons. The highest BCUT2D eigenvalue weighted by molar-refractivity contribution is 7.99. The number of ketones is 2. The van der Waals surface area contributed by atoms with Crippen LogP contribution in [0.25, 0.3) is 0 Å². The number of hydrogen-bond donors (Lipinski definition) is 2. The van der Waals surface area contributed by atoms with E-state index in [2.05, 4.69) is 0 Å². The van der Waals surface area contributed by atoms with Crippen LogP contribution in [0.3, 0.4) is 0 Å². The molecule has 2 N–H and O–H groups in total. The standard InChI is InChI=1S/C12H12O4S/c1-6(2)17-7-3-4-8-9(5-7)11(14)12(15,16)10(8)13/h3-6,15-16H,1-2H3. The van der Waals surface area contributed by atoms with E-state index in [0.29, 0.717) is 5.25 Å². The molecule has 0 saturated carbocycles. The molecule has 0 amide bonds. The number of aliphatic hydroxyl groups is 2. The van der Waals surface area contributed by atoms with Crippen LogP contribution in [0.15, 0.2) is 23.1 Å². The fraction of sp³-hybridized carbons (Fsp3) is 0.333. The molecule has 0 atom stereocenters. The van der Waals surface area contributed by atoms with Gasteiger partial charge < -0.3 is 10.2 Å². The van der Waals surface area contributed by atoms with E-state index in [4.69, 9.17) is 0 Å². The number of Topliss-reactive ketones (excluding diaryl/α,β-unsaturated/α-hetero) is 2. The molecule has 0 spiro atoms. The zero-order valence-corrected chi connectivity index (χ0v) is 10.2. The van der Waals surface area contributed by atoms with Crippen LogP contribution in [0.4, 0.5) is 0 Å². The Morgan fingerprint density at radius 2 is 1.71 bits per heavy atom. The van der Waals surface area contributed by atoms with E-state index in [-0.39, 0.29) is 11.1 Å². The first-order chi connectivity index (χ1) is 7.84. The Hall–Kier alpha value is -1.17. The smallest absolute Gasteiger partial charge is 0.295 e. The summed E-state index contributed by atoms with van der Waals surface area (Å²) in [4.78, 5) is 24.0. The lowest BCUT2D eigenvalue weighted by Gasteiger charge is -2.08. The molecule has 1 aliphatic carbocycles. The van der Waals surface area contributed by atoms with Crippen molar-refractivity contribution >= 4 is 23.3 Å². The predicted molar refractivity (Wildman–Crippen MR) is 63.3 cm³/mol. The predicted octanol–water partition coefficient (Wildman–Crippen LogP) is 1.25. The van der Waals surface area contributed by atoms with E-state index in [1.54, 1.807) is 17.8 Å². The maximum atomic E-state index is 11.6. The van der Waals surface area contributed by atoms with Gasteiger partial charge >= 0.3 is 0 Å². The Morgan fingerprint density at radius 3 is 2.29 bits per heavy atom. The van der Waals surface area contributed by atoms with Gasteiger partial charge in [-0.05, 0) is 18.2 Å². The maximum absolute atomic E-state index is 11.6. The minimum atomic E-state index is -2.89. The lowest BCUT2D eigenvalue weighted by Crippen LogP contribution is -2.40. The average Bonchev–Trinajstić information content (AvgIpc) is 2.40. The quantitative estimate of drug-likeness (QED) is 0.470. The topological polar surface area (TPSA) is 74.6 Å². The van der Waals surface area contributed by atoms with Crippen LogP contribution in [0.2, 0.25) is 0 Å². The zero-order valence-electron chi connectivity index (χ0n) is 9.43. The number of fused-ring (bicyclic) bond motifs is 1. The first-order valence-corrected chi connectivity index (χ1v) is 6.07. The van der Waals surface area contributed by atoms with E-state index < -0.39 is 17.4 Å². The molecule has 1 aliphatic rings. The lowest BCUT2D eigenvalue weighted by molar-refractivity contribution is -0.0857. The van der Waals surface area contributed by atoms with Crippen LogP contribution in [-0.4, -0.2) is 32.8 Å². The summed E-state index contributed by atoms with van der Waals surface area (Å²) in [6, 6.07) is 4.71. The van der Waals surface area contributed by atoms with Gasteiger partial charge in [-0.1, -0.05) is 13.8 Å². The van der Waals surface area contributed by atoms with Crippen molar-refractivity contribution in [1.82, 2.24) is 0 Å². The van der Waals surface area contributed by atoms with E-state index >= 15 is 0 Å². The highest BCUT2D eigenvalue weighted by Gasteiger charge is 2.50. The van der Waals surface area contributed by atoms with Crippen LogP contribution in [0, 0.1) is 0 Å². The van der Waals surface area contributed by atoms with Crippen molar-refractivity contribution in [2.45, 2.75) is 29.8 Å². The second-order valence-corrected chi connectivity index (χ2v) is 5.85. The molecule has 0 aliphatic heterocycles. The van der Waals surface area contributed by atoms with Crippen LogP contribution in [0.1, 0.15) is 34.6 Å². The fourth-order valence-corrected chi connectivity index (χ4v) is 2.61. The molecule has 0 fully saturated rings. The van der Waals surface area contributed by atoms with Gasteiger partial charge in [-0.25, -0.2) is 0 Å². The van der Waals surface area contributed by atoms with E-state index in [1.165, 1.54) is 12.1 Å². The number of carbonyl (C=O) groups is 2. The van der Waals surface area contributed by atoms with E-state index in [9.17, 15) is 19.8 Å². The van der Waals surface area contributed by atoms with Crippen molar-refractivity contribution in [1.29, 1.82) is 0 Å². The largest absolute Gasteiger partial charge is 0.353 e. The van der Waals surface area contributed by atoms with Gasteiger partial charge in [0.1, 0.15) is 0 Å². The van der Waals surface area contributed by atoms with Gasteiger partial charge in [0.05, 0.1) is 0 Å². The molecule has 0 heterocycles. The zero-order chi connectivity index (χ0) is 12.8. The van der Waals surface area contributed by atoms with Gasteiger partial charge in [0.15, 0.2) is 0 Å². The summed E-state index contributed by atoms with van der Waals surface area (Å²) in [5.41, 5.74) is 0.166. The van der Waals surface area contributed by atoms with E-state index in [1.807, 2.05) is 13.8 Å². The minimum Gasteiger partial charge on any atom is -0.353 e. The maximum Gasteiger partial charge on any atom is 0.295 e. The molecular formula is C12H12O4S. The van der Waals surface area contributed by atoms with Crippen LogP contribution >= 0.6 is 11.8 Å². The van der Waals surface area contributed by atoms with E-state index in [0.717, 1.165) is 4.90 Å². The molecule has 0 saturated heterocycles. The molecule has 0 bridgehead atoms. The molecule has 1 aromatic carbocycles. The summed E-state index contributed by atoms with van der Waals surface area (Å²) in [7, 11) is 0. The summed E-state index contributed by atoms with van der Waals surface area (Å²) in [5, 5.41) is 19.1. The molecular weight excluding hydrogens is 240 g/mol. The molecule has 0 aromatic heterocycles. The van der Waals surface area contributed by atoms with Crippen molar-refractivity contribution in [2.75, 3.05) is 0 Å². The van der Waals surface area contributed by atoms with Gasteiger partial charge in [0, 0.05) is 21.3 Å². The minimum absolute atomic E-state index is 0.0770. The van der Waals surface area contributed by atoms with Crippen LogP contribution in [-0.2, 0) is 0 Å². The number of benzene rings is 1. The number of carbonyl (C=O) groups excluding carboxylic acids is 2. The SMILES string of the molecule is CC(C)Sc1ccc2c(c1)C(=O)C(O)(O)C2=O. The summed E-state index contributed by atoms with van der Waals surface area (Å²) in [5.74, 6) is -4.77. The number of thioether (sulfide) groups is 1. The Labute approximate surface area is 103 Å². The Balaban J connectivity index is 2.47. The lowest BCUT2D eigenvalue weighted by atomic mass is 10.1. The van der Waals surface area contributed by atoms with Crippen molar-refractivity contribution < 1.29 is 19.8 Å². The molecule has 2 rings (SSSR count). The third kappa shape index (κ3) is 1.90. The third-order valence-electron chi connectivity index (χ3n) is 2.49. The van der Waals surface area contributed by atoms with Gasteiger partial charge in [-0.2, -0.15) is 0 Å². The highest BCUT2D eigenvalue weighted by Crippen LogP contribution is 2.32. The Morgan fingerprint density at radius 1 is 1.12 bits per heavy atom. The molecule has 1 aromatic rings. The second kappa shape index (κ2) is 3.94. The molecule has 4 nitrogen and oxygen atoms in total. The Kier molecular flexibility index (Phi) is 2.85. The van der Waals surface area contributed by atoms with Crippen LogP contribution < -0.4 is 0 Å². The third-order valence-corrected chi connectivity index (χ3v) is 3.48. The molecule has 0 unspecified atom stereocenters. The summed E-state index contributed by atoms with van der Waals surface area (Å²) in [6.07, 6.45) is 0. The van der Waals surface area contributed by atoms with Gasteiger partial charge in [-0.3, -0.25) is 9.59 Å². The van der Waals surface area contributed by atoms with Crippen molar-refractivity contribution in [3.8, 4) is 0 Å². The fourth-order valence-electron chi connectivity index (χ4n) is 1.73. The first-order valence-electron chi connectivity index (χ1n) is 5.19. The number of rotatable bonds is 2. The normalized spacial score (nSPS) is 17.7. The first kappa shape index (κ1) is 12.3. The van der Waals surface area contributed by atoms with Gasteiger partial charge in [-0.15, -0.1) is 11.8 Å². The van der Waals surface area contributed by atoms with Crippen LogP contribution in [0.5, 0.6) is 0 Å². The summed E-state index contributed by atoms with van der Waals surface area (Å²) < 4.78 is 0. The Bertz CT molecular complexity index is 505. The van der Waals surface area contributed by atoms with Gasteiger partial charge in [0.2, 0.25) is 11.6 Å². The average molecular weight is 252 g/mol. The van der Waals surface area contributed by atoms with Crippen molar-refractivity contribution in [3.05, 3.63) is 29.3 Å². The van der Waals surface area contributed by atoms with Crippen molar-refractivity contribution in [2.24, 2.45) is 0 Å². The summed E-state index contributed by atoms with van der Waals surface area (Å²) >= 11 is 1.54. The number of hydrogen-bond acceptors (Lipinski definition) is 5. The summed E-state index contributed by atoms with van der Waals surface area (Å²) in [6.45, 7) is 4.01. The molecule has 17 heavy (non-hydrogen) atoms. The van der Waals surface area contributed by atoms with Gasteiger partial charge in [0.25, 0.3) is 5.79 Å². The monoisotopic (exact) mass is 252 g/mol. The second-order valence-electron chi connectivity index (χ2n) is 4.20. The van der Waals surface area contributed by atoms with Crippen molar-refractivity contribution in [3.63, 3.8) is 0 Å². The molecule has 90 valence electrons. The molecule has 5 heteroatoms.